The lowest BCUT2D eigenvalue weighted by molar-refractivity contribution is 0.394. The smallest absolute Gasteiger partial charge is 0.244 e. The molecule has 0 N–H and O–H groups in total. The molecule has 1 aromatic heterocycles. The molecule has 0 aliphatic carbocycles. The van der Waals surface area contributed by atoms with Gasteiger partial charge in [0.2, 0.25) is 10.0 Å². The predicted octanol–water partition coefficient (Wildman–Crippen LogP) is 3.23. The average molecular weight is 346 g/mol. The molecule has 6 heteroatoms. The van der Waals surface area contributed by atoms with Gasteiger partial charge in [-0.05, 0) is 61.6 Å². The van der Waals surface area contributed by atoms with Crippen molar-refractivity contribution in [3.05, 3.63) is 53.3 Å². The number of nitrogens with zero attached hydrogens (tertiary/aromatic N) is 2. The van der Waals surface area contributed by atoms with Crippen LogP contribution in [-0.4, -0.2) is 31.4 Å². The molecule has 1 aliphatic heterocycles. The van der Waals surface area contributed by atoms with Crippen molar-refractivity contribution < 1.29 is 13.2 Å². The molecule has 0 saturated carbocycles. The van der Waals surface area contributed by atoms with Gasteiger partial charge >= 0.3 is 0 Å². The summed E-state index contributed by atoms with van der Waals surface area (Å²) in [5.74, 6) is 0.675. The van der Waals surface area contributed by atoms with Gasteiger partial charge in [0.05, 0.1) is 18.0 Å². The fourth-order valence-corrected chi connectivity index (χ4v) is 5.58. The SMILES string of the molecule is COc1cc(C)c(S(=O)(=O)N2CCCC2c2cccnc2)c(C)c1. The number of rotatable bonds is 4. The molecule has 128 valence electrons. The maximum absolute atomic E-state index is 13.3. The van der Waals surface area contributed by atoms with E-state index in [1.807, 2.05) is 26.0 Å². The molecule has 0 spiro atoms. The molecule has 0 bridgehead atoms. The van der Waals surface area contributed by atoms with Gasteiger partial charge in [0.15, 0.2) is 0 Å². The largest absolute Gasteiger partial charge is 0.497 e. The van der Waals surface area contributed by atoms with Crippen LogP contribution in [0.2, 0.25) is 0 Å². The molecule has 2 heterocycles. The standard InChI is InChI=1S/C18H22N2O3S/c1-13-10-16(23-3)11-14(2)18(13)24(21,22)20-9-5-7-17(20)15-6-4-8-19-12-15/h4,6,8,10-12,17H,5,7,9H2,1-3H3. The van der Waals surface area contributed by atoms with E-state index in [9.17, 15) is 8.42 Å². The van der Waals surface area contributed by atoms with Gasteiger partial charge in [0, 0.05) is 18.9 Å². The van der Waals surface area contributed by atoms with E-state index in [-0.39, 0.29) is 6.04 Å². The highest BCUT2D eigenvalue weighted by Crippen LogP contribution is 2.38. The van der Waals surface area contributed by atoms with E-state index in [0.29, 0.717) is 28.3 Å². The van der Waals surface area contributed by atoms with Crippen LogP contribution in [0.3, 0.4) is 0 Å². The van der Waals surface area contributed by atoms with Gasteiger partial charge in [-0.3, -0.25) is 4.98 Å². The number of hydrogen-bond donors (Lipinski definition) is 0. The second-order valence-electron chi connectivity index (χ2n) is 6.15. The third kappa shape index (κ3) is 2.91. The average Bonchev–Trinajstić information content (AvgIpc) is 3.05. The topological polar surface area (TPSA) is 59.5 Å². The summed E-state index contributed by atoms with van der Waals surface area (Å²) < 4.78 is 33.5. The van der Waals surface area contributed by atoms with E-state index in [1.54, 1.807) is 35.9 Å². The van der Waals surface area contributed by atoms with Crippen LogP contribution in [0, 0.1) is 13.8 Å². The Kier molecular flexibility index (Phi) is 4.60. The highest BCUT2D eigenvalue weighted by Gasteiger charge is 2.37. The van der Waals surface area contributed by atoms with Crippen molar-refractivity contribution in [3.8, 4) is 5.75 Å². The van der Waals surface area contributed by atoms with E-state index < -0.39 is 10.0 Å². The minimum absolute atomic E-state index is 0.149. The summed E-state index contributed by atoms with van der Waals surface area (Å²) >= 11 is 0. The number of methoxy groups -OCH3 is 1. The predicted molar refractivity (Wildman–Crippen MR) is 92.6 cm³/mol. The number of pyridine rings is 1. The summed E-state index contributed by atoms with van der Waals surface area (Å²) in [4.78, 5) is 4.53. The van der Waals surface area contributed by atoms with Crippen LogP contribution in [0.1, 0.15) is 35.6 Å². The molecule has 1 atom stereocenters. The Morgan fingerprint density at radius 2 is 1.96 bits per heavy atom. The minimum atomic E-state index is -3.57. The molecule has 24 heavy (non-hydrogen) atoms. The quantitative estimate of drug-likeness (QED) is 0.853. The van der Waals surface area contributed by atoms with Crippen LogP contribution in [0.15, 0.2) is 41.6 Å². The number of benzene rings is 1. The minimum Gasteiger partial charge on any atom is -0.497 e. The van der Waals surface area contributed by atoms with Gasteiger partial charge in [-0.25, -0.2) is 8.42 Å². The summed E-state index contributed by atoms with van der Waals surface area (Å²) in [6, 6.07) is 7.19. The van der Waals surface area contributed by atoms with Gasteiger partial charge in [0.1, 0.15) is 5.75 Å². The third-order valence-corrected chi connectivity index (χ3v) is 6.72. The number of hydrogen-bond acceptors (Lipinski definition) is 4. The molecule has 1 aromatic carbocycles. The molecule has 1 saturated heterocycles. The Labute approximate surface area is 143 Å². The highest BCUT2D eigenvalue weighted by atomic mass is 32.2. The van der Waals surface area contributed by atoms with Gasteiger partial charge < -0.3 is 4.74 Å². The molecular weight excluding hydrogens is 324 g/mol. The highest BCUT2D eigenvalue weighted by molar-refractivity contribution is 7.89. The third-order valence-electron chi connectivity index (χ3n) is 4.51. The van der Waals surface area contributed by atoms with Crippen LogP contribution in [0.4, 0.5) is 0 Å². The number of aromatic nitrogens is 1. The zero-order valence-electron chi connectivity index (χ0n) is 14.2. The van der Waals surface area contributed by atoms with Crippen molar-refractivity contribution >= 4 is 10.0 Å². The van der Waals surface area contributed by atoms with Crippen LogP contribution in [-0.2, 0) is 10.0 Å². The van der Waals surface area contributed by atoms with Crippen molar-refractivity contribution in [1.29, 1.82) is 0 Å². The van der Waals surface area contributed by atoms with Crippen molar-refractivity contribution in [2.24, 2.45) is 0 Å². The summed E-state index contributed by atoms with van der Waals surface area (Å²) in [6.45, 7) is 4.17. The molecule has 3 rings (SSSR count). The van der Waals surface area contributed by atoms with E-state index in [0.717, 1.165) is 18.4 Å². The zero-order chi connectivity index (χ0) is 17.3. The Bertz CT molecular complexity index is 812. The van der Waals surface area contributed by atoms with Gasteiger partial charge in [-0.2, -0.15) is 4.31 Å². The molecule has 5 nitrogen and oxygen atoms in total. The van der Waals surface area contributed by atoms with E-state index in [1.165, 1.54) is 0 Å². The first-order valence-electron chi connectivity index (χ1n) is 8.02. The second-order valence-corrected chi connectivity index (χ2v) is 7.98. The number of aryl methyl sites for hydroxylation is 2. The molecule has 0 radical (unpaired) electrons. The fraction of sp³-hybridized carbons (Fsp3) is 0.389. The van der Waals surface area contributed by atoms with E-state index in [4.69, 9.17) is 4.74 Å². The Hall–Kier alpha value is -1.92. The number of ether oxygens (including phenoxy) is 1. The Morgan fingerprint density at radius 1 is 1.25 bits per heavy atom. The summed E-state index contributed by atoms with van der Waals surface area (Å²) in [5.41, 5.74) is 2.37. The van der Waals surface area contributed by atoms with Crippen LogP contribution < -0.4 is 4.74 Å². The molecule has 1 fully saturated rings. The first kappa shape index (κ1) is 16.9. The normalized spacial score (nSPS) is 18.7. The second kappa shape index (κ2) is 6.53. The van der Waals surface area contributed by atoms with Crippen molar-refractivity contribution in [2.45, 2.75) is 37.6 Å². The lowest BCUT2D eigenvalue weighted by Gasteiger charge is -2.26. The van der Waals surface area contributed by atoms with E-state index in [2.05, 4.69) is 4.98 Å². The van der Waals surface area contributed by atoms with Gasteiger partial charge in [-0.1, -0.05) is 6.07 Å². The fourth-order valence-electron chi connectivity index (χ4n) is 3.49. The maximum Gasteiger partial charge on any atom is 0.244 e. The molecule has 1 aliphatic rings. The Balaban J connectivity index is 2.05. The molecular formula is C18H22N2O3S. The van der Waals surface area contributed by atoms with Crippen molar-refractivity contribution in [3.63, 3.8) is 0 Å². The summed E-state index contributed by atoms with van der Waals surface area (Å²) in [6.07, 6.45) is 5.13. The summed E-state index contributed by atoms with van der Waals surface area (Å²) in [7, 11) is -1.99. The maximum atomic E-state index is 13.3. The first-order chi connectivity index (χ1) is 11.4. The zero-order valence-corrected chi connectivity index (χ0v) is 15.0. The number of sulfonamides is 1. The van der Waals surface area contributed by atoms with Gasteiger partial charge in [0.25, 0.3) is 0 Å². The summed E-state index contributed by atoms with van der Waals surface area (Å²) in [5, 5.41) is 0. The Morgan fingerprint density at radius 3 is 2.54 bits per heavy atom. The lowest BCUT2D eigenvalue weighted by atomic mass is 10.1. The monoisotopic (exact) mass is 346 g/mol. The molecule has 2 aromatic rings. The van der Waals surface area contributed by atoms with Crippen molar-refractivity contribution in [2.75, 3.05) is 13.7 Å². The van der Waals surface area contributed by atoms with Crippen LogP contribution >= 0.6 is 0 Å². The molecule has 0 amide bonds. The van der Waals surface area contributed by atoms with Crippen molar-refractivity contribution in [1.82, 2.24) is 9.29 Å². The molecule has 1 unspecified atom stereocenters. The van der Waals surface area contributed by atoms with E-state index >= 15 is 0 Å². The van der Waals surface area contributed by atoms with Gasteiger partial charge in [-0.15, -0.1) is 0 Å². The van der Waals surface area contributed by atoms with Crippen LogP contribution in [0.5, 0.6) is 5.75 Å². The van der Waals surface area contributed by atoms with Crippen LogP contribution in [0.25, 0.3) is 0 Å². The lowest BCUT2D eigenvalue weighted by Crippen LogP contribution is -2.31. The first-order valence-corrected chi connectivity index (χ1v) is 9.46.